The topological polar surface area (TPSA) is 0 Å². The van der Waals surface area contributed by atoms with Crippen molar-refractivity contribution >= 4 is 0 Å². The number of hydrogen-bond donors (Lipinski definition) is 0. The summed E-state index contributed by atoms with van der Waals surface area (Å²) in [6, 6.07) is 0. The molecule has 0 aliphatic heterocycles. The predicted octanol–water partition coefficient (Wildman–Crippen LogP) is 3.62. The summed E-state index contributed by atoms with van der Waals surface area (Å²) in [4.78, 5) is 0. The first kappa shape index (κ1) is 10.6. The number of terminal acetylenes is 1. The second kappa shape index (κ2) is 5.24. The Bertz CT molecular complexity index is 129. The highest BCUT2D eigenvalue weighted by atomic mass is 14.2. The van der Waals surface area contributed by atoms with Crippen molar-refractivity contribution in [2.45, 2.75) is 52.9 Å². The maximum Gasteiger partial charge on any atom is 0.0283 e. The van der Waals surface area contributed by atoms with Crippen LogP contribution in [0.4, 0.5) is 0 Å². The van der Waals surface area contributed by atoms with Crippen LogP contribution in [0.2, 0.25) is 0 Å². The van der Waals surface area contributed by atoms with Crippen molar-refractivity contribution in [3.05, 3.63) is 0 Å². The van der Waals surface area contributed by atoms with E-state index in [1.165, 1.54) is 32.1 Å². The zero-order valence-corrected chi connectivity index (χ0v) is 8.11. The van der Waals surface area contributed by atoms with Crippen LogP contribution in [0.5, 0.6) is 0 Å². The molecule has 0 aromatic heterocycles. The molecule has 0 aromatic carbocycles. The molecule has 1 atom stereocenters. The SMILES string of the molecule is C#C[C@@](C)(CCC)CCCC. The highest BCUT2D eigenvalue weighted by molar-refractivity contribution is 5.02. The van der Waals surface area contributed by atoms with E-state index in [9.17, 15) is 0 Å². The molecule has 0 saturated heterocycles. The number of hydrogen-bond acceptors (Lipinski definition) is 0. The average Bonchev–Trinajstić information content (AvgIpc) is 2.02. The van der Waals surface area contributed by atoms with Crippen molar-refractivity contribution in [2.24, 2.45) is 5.41 Å². The molecule has 0 aromatic rings. The van der Waals surface area contributed by atoms with E-state index in [1.54, 1.807) is 0 Å². The molecule has 0 unspecified atom stereocenters. The molecule has 11 heavy (non-hydrogen) atoms. The van der Waals surface area contributed by atoms with Crippen LogP contribution in [0, 0.1) is 17.8 Å². The molecule has 0 fully saturated rings. The third-order valence-corrected chi connectivity index (χ3v) is 2.23. The molecule has 64 valence electrons. The molecule has 0 bridgehead atoms. The number of unbranched alkanes of at least 4 members (excludes halogenated alkanes) is 1. The van der Waals surface area contributed by atoms with E-state index in [2.05, 4.69) is 26.7 Å². The molecule has 0 rings (SSSR count). The Labute approximate surface area is 71.4 Å². The fraction of sp³-hybridized carbons (Fsp3) is 0.818. The minimum Gasteiger partial charge on any atom is -0.120 e. The van der Waals surface area contributed by atoms with Crippen molar-refractivity contribution in [2.75, 3.05) is 0 Å². The van der Waals surface area contributed by atoms with Crippen LogP contribution in [0.25, 0.3) is 0 Å². The lowest BCUT2D eigenvalue weighted by molar-refractivity contribution is 0.361. The van der Waals surface area contributed by atoms with E-state index in [0.717, 1.165) is 0 Å². The van der Waals surface area contributed by atoms with Crippen LogP contribution in [-0.4, -0.2) is 0 Å². The minimum absolute atomic E-state index is 0.171. The Morgan fingerprint density at radius 1 is 1.18 bits per heavy atom. The van der Waals surface area contributed by atoms with Crippen LogP contribution >= 0.6 is 0 Å². The predicted molar refractivity (Wildman–Crippen MR) is 51.4 cm³/mol. The van der Waals surface area contributed by atoms with Gasteiger partial charge in [-0.3, -0.25) is 0 Å². The van der Waals surface area contributed by atoms with Gasteiger partial charge < -0.3 is 0 Å². The lowest BCUT2D eigenvalue weighted by Crippen LogP contribution is -2.12. The Morgan fingerprint density at radius 3 is 2.18 bits per heavy atom. The Morgan fingerprint density at radius 2 is 1.82 bits per heavy atom. The summed E-state index contributed by atoms with van der Waals surface area (Å²) in [6.45, 7) is 6.61. The van der Waals surface area contributed by atoms with Gasteiger partial charge in [0.1, 0.15) is 0 Å². The highest BCUT2D eigenvalue weighted by Gasteiger charge is 2.18. The maximum atomic E-state index is 5.48. The lowest BCUT2D eigenvalue weighted by Gasteiger charge is -2.22. The van der Waals surface area contributed by atoms with Crippen LogP contribution in [-0.2, 0) is 0 Å². The zero-order valence-electron chi connectivity index (χ0n) is 8.11. The summed E-state index contributed by atoms with van der Waals surface area (Å²) in [7, 11) is 0. The summed E-state index contributed by atoms with van der Waals surface area (Å²) in [5, 5.41) is 0. The maximum absolute atomic E-state index is 5.48. The summed E-state index contributed by atoms with van der Waals surface area (Å²) >= 11 is 0. The van der Waals surface area contributed by atoms with Crippen molar-refractivity contribution in [1.29, 1.82) is 0 Å². The van der Waals surface area contributed by atoms with E-state index >= 15 is 0 Å². The van der Waals surface area contributed by atoms with E-state index in [0.29, 0.717) is 0 Å². The standard InChI is InChI=1S/C11H20/c1-5-8-10-11(4,7-3)9-6-2/h3H,5-6,8-10H2,1-2,4H3/t11-/m0/s1. The quantitative estimate of drug-likeness (QED) is 0.528. The van der Waals surface area contributed by atoms with Gasteiger partial charge in [0.25, 0.3) is 0 Å². The molecule has 0 aliphatic rings. The fourth-order valence-electron chi connectivity index (χ4n) is 1.39. The summed E-state index contributed by atoms with van der Waals surface area (Å²) in [6.07, 6.45) is 11.6. The molecule has 0 spiro atoms. The molecular weight excluding hydrogens is 132 g/mol. The van der Waals surface area contributed by atoms with Crippen molar-refractivity contribution in [3.63, 3.8) is 0 Å². The van der Waals surface area contributed by atoms with Crippen molar-refractivity contribution in [1.82, 2.24) is 0 Å². The number of rotatable bonds is 5. The molecule has 0 heteroatoms. The molecule has 0 N–H and O–H groups in total. The third-order valence-electron chi connectivity index (χ3n) is 2.23. The van der Waals surface area contributed by atoms with Gasteiger partial charge >= 0.3 is 0 Å². The monoisotopic (exact) mass is 152 g/mol. The smallest absolute Gasteiger partial charge is 0.0283 e. The van der Waals surface area contributed by atoms with Gasteiger partial charge in [-0.2, -0.15) is 0 Å². The van der Waals surface area contributed by atoms with Crippen LogP contribution in [0.3, 0.4) is 0 Å². The largest absolute Gasteiger partial charge is 0.120 e. The Kier molecular flexibility index (Phi) is 5.03. The van der Waals surface area contributed by atoms with Gasteiger partial charge in [0.2, 0.25) is 0 Å². The molecule has 0 aliphatic carbocycles. The van der Waals surface area contributed by atoms with Gasteiger partial charge in [0.05, 0.1) is 0 Å². The highest BCUT2D eigenvalue weighted by Crippen LogP contribution is 2.28. The molecule has 0 heterocycles. The van der Waals surface area contributed by atoms with E-state index in [1.807, 2.05) is 0 Å². The first-order chi connectivity index (χ1) is 5.18. The molecule has 0 amide bonds. The fourth-order valence-corrected chi connectivity index (χ4v) is 1.39. The molecule has 0 nitrogen and oxygen atoms in total. The molecule has 0 radical (unpaired) electrons. The molecular formula is C11H20. The van der Waals surface area contributed by atoms with Gasteiger partial charge in [-0.25, -0.2) is 0 Å². The van der Waals surface area contributed by atoms with E-state index in [4.69, 9.17) is 6.42 Å². The third kappa shape index (κ3) is 4.09. The summed E-state index contributed by atoms with van der Waals surface area (Å²) in [5.41, 5.74) is 0.171. The van der Waals surface area contributed by atoms with Gasteiger partial charge in [-0.15, -0.1) is 12.3 Å². The second-order valence-electron chi connectivity index (χ2n) is 3.56. The first-order valence-corrected chi connectivity index (χ1v) is 4.66. The van der Waals surface area contributed by atoms with Gasteiger partial charge in [0, 0.05) is 5.41 Å². The van der Waals surface area contributed by atoms with E-state index in [-0.39, 0.29) is 5.41 Å². The average molecular weight is 152 g/mol. The van der Waals surface area contributed by atoms with Gasteiger partial charge in [-0.05, 0) is 19.8 Å². The minimum atomic E-state index is 0.171. The van der Waals surface area contributed by atoms with Crippen LogP contribution in [0.1, 0.15) is 52.9 Å². The Balaban J connectivity index is 3.81. The van der Waals surface area contributed by atoms with Crippen LogP contribution < -0.4 is 0 Å². The summed E-state index contributed by atoms with van der Waals surface area (Å²) < 4.78 is 0. The van der Waals surface area contributed by atoms with Crippen LogP contribution in [0.15, 0.2) is 0 Å². The van der Waals surface area contributed by atoms with Gasteiger partial charge in [0.15, 0.2) is 0 Å². The second-order valence-corrected chi connectivity index (χ2v) is 3.56. The normalized spacial score (nSPS) is 15.5. The Hall–Kier alpha value is -0.440. The van der Waals surface area contributed by atoms with Gasteiger partial charge in [-0.1, -0.05) is 33.1 Å². The lowest BCUT2D eigenvalue weighted by atomic mass is 9.82. The first-order valence-electron chi connectivity index (χ1n) is 4.66. The molecule has 0 saturated carbocycles. The zero-order chi connectivity index (χ0) is 8.74. The van der Waals surface area contributed by atoms with Crippen molar-refractivity contribution in [3.8, 4) is 12.3 Å². The summed E-state index contributed by atoms with van der Waals surface area (Å²) in [5.74, 6) is 2.91. The van der Waals surface area contributed by atoms with E-state index < -0.39 is 0 Å². The van der Waals surface area contributed by atoms with Crippen molar-refractivity contribution < 1.29 is 0 Å².